The van der Waals surface area contributed by atoms with E-state index >= 15 is 0 Å². The summed E-state index contributed by atoms with van der Waals surface area (Å²) in [5.74, 6) is 2.54. The second kappa shape index (κ2) is 6.18. The van der Waals surface area contributed by atoms with E-state index < -0.39 is 0 Å². The zero-order chi connectivity index (χ0) is 13.7. The lowest BCUT2D eigenvalue weighted by Gasteiger charge is -2.09. The third-order valence-corrected chi connectivity index (χ3v) is 2.65. The SMILES string of the molecule is CCOc1cccc(CNc2cc(C)nc(C)n2)c1. The van der Waals surface area contributed by atoms with Crippen LogP contribution >= 0.6 is 0 Å². The lowest BCUT2D eigenvalue weighted by molar-refractivity contribution is 0.340. The van der Waals surface area contributed by atoms with Crippen molar-refractivity contribution in [1.29, 1.82) is 0 Å². The van der Waals surface area contributed by atoms with Crippen LogP contribution < -0.4 is 10.1 Å². The number of hydrogen-bond acceptors (Lipinski definition) is 4. The number of benzene rings is 1. The first-order chi connectivity index (χ1) is 9.17. The predicted octanol–water partition coefficient (Wildman–Crippen LogP) is 3.10. The Labute approximate surface area is 113 Å². The monoisotopic (exact) mass is 257 g/mol. The third kappa shape index (κ3) is 3.95. The Morgan fingerprint density at radius 3 is 2.74 bits per heavy atom. The van der Waals surface area contributed by atoms with Crippen molar-refractivity contribution in [3.05, 3.63) is 47.4 Å². The van der Waals surface area contributed by atoms with E-state index in [1.54, 1.807) is 0 Å². The van der Waals surface area contributed by atoms with E-state index in [1.807, 2.05) is 45.0 Å². The summed E-state index contributed by atoms with van der Waals surface area (Å²) in [5, 5.41) is 3.31. The number of hydrogen-bond donors (Lipinski definition) is 1. The third-order valence-electron chi connectivity index (χ3n) is 2.65. The van der Waals surface area contributed by atoms with Gasteiger partial charge < -0.3 is 10.1 Å². The quantitative estimate of drug-likeness (QED) is 0.894. The Bertz CT molecular complexity index is 535. The maximum Gasteiger partial charge on any atom is 0.130 e. The van der Waals surface area contributed by atoms with Gasteiger partial charge in [0, 0.05) is 18.3 Å². The molecule has 0 saturated carbocycles. The molecule has 0 radical (unpaired) electrons. The number of nitrogens with zero attached hydrogens (tertiary/aromatic N) is 2. The highest BCUT2D eigenvalue weighted by molar-refractivity contribution is 5.38. The van der Waals surface area contributed by atoms with Crippen LogP contribution in [-0.4, -0.2) is 16.6 Å². The second-order valence-electron chi connectivity index (χ2n) is 4.38. The molecule has 0 saturated heterocycles. The van der Waals surface area contributed by atoms with Crippen LogP contribution in [0.1, 0.15) is 24.0 Å². The predicted molar refractivity (Wildman–Crippen MR) is 76.4 cm³/mol. The molecule has 1 heterocycles. The van der Waals surface area contributed by atoms with Crippen LogP contribution in [0.4, 0.5) is 5.82 Å². The molecule has 100 valence electrons. The fourth-order valence-corrected chi connectivity index (χ4v) is 1.91. The summed E-state index contributed by atoms with van der Waals surface area (Å²) >= 11 is 0. The normalized spacial score (nSPS) is 10.3. The average molecular weight is 257 g/mol. The summed E-state index contributed by atoms with van der Waals surface area (Å²) < 4.78 is 5.48. The topological polar surface area (TPSA) is 47.0 Å². The molecule has 0 fully saturated rings. The molecule has 1 aromatic carbocycles. The highest BCUT2D eigenvalue weighted by Crippen LogP contribution is 2.14. The zero-order valence-electron chi connectivity index (χ0n) is 11.6. The summed E-state index contributed by atoms with van der Waals surface area (Å²) in [6.07, 6.45) is 0. The van der Waals surface area contributed by atoms with Crippen LogP contribution in [-0.2, 0) is 6.54 Å². The van der Waals surface area contributed by atoms with Crippen molar-refractivity contribution in [1.82, 2.24) is 9.97 Å². The first-order valence-electron chi connectivity index (χ1n) is 6.45. The fourth-order valence-electron chi connectivity index (χ4n) is 1.91. The molecule has 0 spiro atoms. The first kappa shape index (κ1) is 13.3. The molecule has 1 N–H and O–H groups in total. The highest BCUT2D eigenvalue weighted by atomic mass is 16.5. The molecule has 0 aliphatic heterocycles. The molecular weight excluding hydrogens is 238 g/mol. The van der Waals surface area contributed by atoms with Crippen molar-refractivity contribution >= 4 is 5.82 Å². The molecule has 0 aliphatic carbocycles. The van der Waals surface area contributed by atoms with Gasteiger partial charge in [0.1, 0.15) is 17.4 Å². The summed E-state index contributed by atoms with van der Waals surface area (Å²) in [4.78, 5) is 8.61. The molecule has 2 aromatic rings. The number of aryl methyl sites for hydroxylation is 2. The van der Waals surface area contributed by atoms with Crippen LogP contribution in [0, 0.1) is 13.8 Å². The molecular formula is C15H19N3O. The average Bonchev–Trinajstić information content (AvgIpc) is 2.36. The maximum absolute atomic E-state index is 5.48. The van der Waals surface area contributed by atoms with Gasteiger partial charge in [-0.05, 0) is 38.5 Å². The van der Waals surface area contributed by atoms with Gasteiger partial charge in [-0.2, -0.15) is 0 Å². The van der Waals surface area contributed by atoms with Gasteiger partial charge in [0.15, 0.2) is 0 Å². The molecule has 4 heteroatoms. The number of anilines is 1. The molecule has 0 bridgehead atoms. The minimum atomic E-state index is 0.682. The lowest BCUT2D eigenvalue weighted by atomic mass is 10.2. The molecule has 0 aliphatic rings. The highest BCUT2D eigenvalue weighted by Gasteiger charge is 2.00. The van der Waals surface area contributed by atoms with Crippen molar-refractivity contribution in [2.45, 2.75) is 27.3 Å². The Morgan fingerprint density at radius 1 is 1.16 bits per heavy atom. The largest absolute Gasteiger partial charge is 0.494 e. The summed E-state index contributed by atoms with van der Waals surface area (Å²) in [6.45, 7) is 7.25. The van der Waals surface area contributed by atoms with Gasteiger partial charge in [-0.3, -0.25) is 0 Å². The van der Waals surface area contributed by atoms with Gasteiger partial charge >= 0.3 is 0 Å². The van der Waals surface area contributed by atoms with E-state index in [4.69, 9.17) is 4.74 Å². The number of nitrogens with one attached hydrogen (secondary N) is 1. The van der Waals surface area contributed by atoms with E-state index in [0.29, 0.717) is 6.61 Å². The minimum absolute atomic E-state index is 0.682. The Balaban J connectivity index is 2.03. The van der Waals surface area contributed by atoms with Gasteiger partial charge in [-0.25, -0.2) is 9.97 Å². The Morgan fingerprint density at radius 2 is 2.00 bits per heavy atom. The number of rotatable bonds is 5. The second-order valence-corrected chi connectivity index (χ2v) is 4.38. The van der Waals surface area contributed by atoms with Crippen LogP contribution in [0.25, 0.3) is 0 Å². The van der Waals surface area contributed by atoms with Gasteiger partial charge in [-0.15, -0.1) is 0 Å². The van der Waals surface area contributed by atoms with Crippen molar-refractivity contribution in [3.8, 4) is 5.75 Å². The van der Waals surface area contributed by atoms with Crippen LogP contribution in [0.3, 0.4) is 0 Å². The molecule has 0 amide bonds. The number of ether oxygens (including phenoxy) is 1. The Kier molecular flexibility index (Phi) is 4.34. The van der Waals surface area contributed by atoms with Crippen molar-refractivity contribution < 1.29 is 4.74 Å². The summed E-state index contributed by atoms with van der Waals surface area (Å²) in [5.41, 5.74) is 2.14. The summed E-state index contributed by atoms with van der Waals surface area (Å²) in [6, 6.07) is 10.0. The van der Waals surface area contributed by atoms with E-state index in [2.05, 4.69) is 21.4 Å². The molecule has 2 rings (SSSR count). The van der Waals surface area contributed by atoms with Crippen molar-refractivity contribution in [3.63, 3.8) is 0 Å². The van der Waals surface area contributed by atoms with Gasteiger partial charge in [0.2, 0.25) is 0 Å². The fraction of sp³-hybridized carbons (Fsp3) is 0.333. The molecule has 19 heavy (non-hydrogen) atoms. The van der Waals surface area contributed by atoms with Crippen molar-refractivity contribution in [2.24, 2.45) is 0 Å². The van der Waals surface area contributed by atoms with Crippen molar-refractivity contribution in [2.75, 3.05) is 11.9 Å². The van der Waals surface area contributed by atoms with E-state index in [1.165, 1.54) is 5.56 Å². The summed E-state index contributed by atoms with van der Waals surface area (Å²) in [7, 11) is 0. The first-order valence-corrected chi connectivity index (χ1v) is 6.45. The van der Waals surface area contributed by atoms with E-state index in [-0.39, 0.29) is 0 Å². The van der Waals surface area contributed by atoms with Gasteiger partial charge in [0.25, 0.3) is 0 Å². The van der Waals surface area contributed by atoms with Crippen LogP contribution in [0.15, 0.2) is 30.3 Å². The zero-order valence-corrected chi connectivity index (χ0v) is 11.6. The van der Waals surface area contributed by atoms with Crippen LogP contribution in [0.5, 0.6) is 5.75 Å². The smallest absolute Gasteiger partial charge is 0.130 e. The van der Waals surface area contributed by atoms with Gasteiger partial charge in [-0.1, -0.05) is 12.1 Å². The standard InChI is InChI=1S/C15H19N3O/c1-4-19-14-7-5-6-13(9-14)10-16-15-8-11(2)17-12(3)18-15/h5-9H,4,10H2,1-3H3,(H,16,17,18). The maximum atomic E-state index is 5.48. The van der Waals surface area contributed by atoms with E-state index in [0.717, 1.165) is 29.6 Å². The molecule has 0 unspecified atom stereocenters. The molecule has 4 nitrogen and oxygen atoms in total. The van der Waals surface area contributed by atoms with Gasteiger partial charge in [0.05, 0.1) is 6.61 Å². The number of aromatic nitrogens is 2. The molecule has 0 atom stereocenters. The lowest BCUT2D eigenvalue weighted by Crippen LogP contribution is -2.04. The van der Waals surface area contributed by atoms with E-state index in [9.17, 15) is 0 Å². The van der Waals surface area contributed by atoms with Crippen LogP contribution in [0.2, 0.25) is 0 Å². The Hall–Kier alpha value is -2.10. The minimum Gasteiger partial charge on any atom is -0.494 e. The molecule has 1 aromatic heterocycles.